The lowest BCUT2D eigenvalue weighted by Crippen LogP contribution is -2.56. The summed E-state index contributed by atoms with van der Waals surface area (Å²) >= 11 is 6.21. The molecule has 5 atom stereocenters. The topological polar surface area (TPSA) is 62.6 Å². The molecule has 0 unspecified atom stereocenters. The summed E-state index contributed by atoms with van der Waals surface area (Å²) in [6.45, 7) is 6.83. The number of hydrogen-bond acceptors (Lipinski definition) is 4. The summed E-state index contributed by atoms with van der Waals surface area (Å²) in [6.07, 6.45) is 1.85. The van der Waals surface area contributed by atoms with E-state index in [9.17, 15) is 4.79 Å². The molecule has 1 aromatic rings. The van der Waals surface area contributed by atoms with Crippen molar-refractivity contribution in [3.8, 4) is 6.07 Å². The molecule has 4 heterocycles. The predicted octanol–water partition coefficient (Wildman–Crippen LogP) is 3.41. The van der Waals surface area contributed by atoms with Crippen LogP contribution in [0.3, 0.4) is 0 Å². The molecule has 134 valence electrons. The van der Waals surface area contributed by atoms with Crippen molar-refractivity contribution in [2.45, 2.75) is 43.6 Å². The summed E-state index contributed by atoms with van der Waals surface area (Å²) < 4.78 is 12.6. The highest BCUT2D eigenvalue weighted by molar-refractivity contribution is 6.32. The van der Waals surface area contributed by atoms with Crippen LogP contribution >= 0.6 is 11.6 Å². The van der Waals surface area contributed by atoms with Gasteiger partial charge in [-0.25, -0.2) is 0 Å². The van der Waals surface area contributed by atoms with Gasteiger partial charge in [0, 0.05) is 24.4 Å². The van der Waals surface area contributed by atoms with Crippen LogP contribution in [-0.2, 0) is 14.3 Å². The lowest BCUT2D eigenvalue weighted by Gasteiger charge is -2.49. The molecular weight excluding hydrogens is 352 g/mol. The van der Waals surface area contributed by atoms with Crippen LogP contribution in [0.1, 0.15) is 31.7 Å². The molecule has 0 saturated carbocycles. The molecule has 2 bridgehead atoms. The Kier molecular flexibility index (Phi) is 3.20. The van der Waals surface area contributed by atoms with Crippen molar-refractivity contribution in [1.29, 1.82) is 5.26 Å². The van der Waals surface area contributed by atoms with Gasteiger partial charge >= 0.3 is 0 Å². The van der Waals surface area contributed by atoms with Crippen molar-refractivity contribution in [2.75, 3.05) is 11.5 Å². The second-order valence-electron chi connectivity index (χ2n) is 8.01. The summed E-state index contributed by atoms with van der Waals surface area (Å²) in [5, 5.41) is 9.44. The fourth-order valence-corrected chi connectivity index (χ4v) is 5.63. The van der Waals surface area contributed by atoms with Gasteiger partial charge in [0.25, 0.3) is 0 Å². The Hall–Kier alpha value is -1.87. The summed E-state index contributed by atoms with van der Waals surface area (Å²) in [7, 11) is 0. The number of fused-ring (bicyclic) bond motifs is 1. The Balaban J connectivity index is 1.60. The van der Waals surface area contributed by atoms with Gasteiger partial charge in [0.15, 0.2) is 0 Å². The second kappa shape index (κ2) is 5.10. The van der Waals surface area contributed by atoms with Crippen molar-refractivity contribution in [3.05, 3.63) is 40.9 Å². The number of anilines is 1. The average Bonchev–Trinajstić information content (AvgIpc) is 2.97. The highest BCUT2D eigenvalue weighted by atomic mass is 35.5. The molecule has 4 aliphatic heterocycles. The zero-order valence-electron chi connectivity index (χ0n) is 14.5. The van der Waals surface area contributed by atoms with Gasteiger partial charge < -0.3 is 9.47 Å². The standard InChI is InChI=1S/C20H19ClN2O3/c1-11-8-20-5-6-25-18-16(20)14(9-19(11,2)26-20)17(24)23(18)13-4-3-12(10-22)15(21)7-13/h3-4,7,14,16,18H,1,5-6,8-9H2,2H3/t14-,16+,18+,19+,20+/m1/s1. The predicted molar refractivity (Wildman–Crippen MR) is 95.6 cm³/mol. The molecule has 1 aromatic carbocycles. The Morgan fingerprint density at radius 1 is 1.46 bits per heavy atom. The molecule has 1 spiro atoms. The molecular formula is C20H19ClN2O3. The Morgan fingerprint density at radius 3 is 3.00 bits per heavy atom. The van der Waals surface area contributed by atoms with E-state index in [2.05, 4.69) is 19.6 Å². The first kappa shape index (κ1) is 16.3. The number of hydrogen-bond donors (Lipinski definition) is 0. The van der Waals surface area contributed by atoms with E-state index in [1.165, 1.54) is 0 Å². The number of carbonyl (C=O) groups is 1. The number of nitrogens with zero attached hydrogens (tertiary/aromatic N) is 2. The molecule has 4 aliphatic rings. The van der Waals surface area contributed by atoms with E-state index in [0.29, 0.717) is 29.3 Å². The van der Waals surface area contributed by atoms with E-state index in [1.54, 1.807) is 23.1 Å². The van der Waals surface area contributed by atoms with Crippen LogP contribution in [0.15, 0.2) is 30.4 Å². The van der Waals surface area contributed by atoms with Gasteiger partial charge in [-0.3, -0.25) is 9.69 Å². The Labute approximate surface area is 157 Å². The summed E-state index contributed by atoms with van der Waals surface area (Å²) in [6, 6.07) is 7.15. The van der Waals surface area contributed by atoms with Gasteiger partial charge in [-0.1, -0.05) is 18.2 Å². The molecule has 26 heavy (non-hydrogen) atoms. The molecule has 6 heteroatoms. The van der Waals surface area contributed by atoms with E-state index >= 15 is 0 Å². The van der Waals surface area contributed by atoms with Crippen LogP contribution in [0, 0.1) is 23.2 Å². The van der Waals surface area contributed by atoms with E-state index in [-0.39, 0.29) is 29.6 Å². The van der Waals surface area contributed by atoms with Gasteiger partial charge in [-0.15, -0.1) is 0 Å². The molecule has 5 nitrogen and oxygen atoms in total. The number of ether oxygens (including phenoxy) is 2. The van der Waals surface area contributed by atoms with Crippen LogP contribution in [-0.4, -0.2) is 29.9 Å². The number of amides is 1. The van der Waals surface area contributed by atoms with Gasteiger partial charge in [-0.05, 0) is 37.1 Å². The van der Waals surface area contributed by atoms with Crippen molar-refractivity contribution in [3.63, 3.8) is 0 Å². The van der Waals surface area contributed by atoms with Gasteiger partial charge in [0.05, 0.1) is 34.3 Å². The van der Waals surface area contributed by atoms with Crippen LogP contribution < -0.4 is 4.90 Å². The fraction of sp³-hybridized carbons (Fsp3) is 0.500. The largest absolute Gasteiger partial charge is 0.364 e. The third-order valence-corrected chi connectivity index (χ3v) is 6.93. The first-order valence-electron chi connectivity index (χ1n) is 8.91. The number of halogens is 1. The van der Waals surface area contributed by atoms with Crippen LogP contribution in [0.25, 0.3) is 0 Å². The third kappa shape index (κ3) is 1.90. The monoisotopic (exact) mass is 370 g/mol. The molecule has 0 radical (unpaired) electrons. The molecule has 0 aliphatic carbocycles. The van der Waals surface area contributed by atoms with Gasteiger partial charge in [0.2, 0.25) is 5.91 Å². The van der Waals surface area contributed by atoms with Gasteiger partial charge in [-0.2, -0.15) is 5.26 Å². The Morgan fingerprint density at radius 2 is 2.27 bits per heavy atom. The fourth-order valence-electron chi connectivity index (χ4n) is 5.41. The minimum Gasteiger partial charge on any atom is -0.364 e. The van der Waals surface area contributed by atoms with Crippen LogP contribution in [0.4, 0.5) is 5.69 Å². The second-order valence-corrected chi connectivity index (χ2v) is 8.42. The lowest BCUT2D eigenvalue weighted by atomic mass is 9.72. The molecule has 0 aromatic heterocycles. The van der Waals surface area contributed by atoms with Crippen molar-refractivity contribution < 1.29 is 14.3 Å². The van der Waals surface area contributed by atoms with Crippen molar-refractivity contribution >= 4 is 23.2 Å². The van der Waals surface area contributed by atoms with E-state index in [4.69, 9.17) is 26.3 Å². The normalized spacial score (nSPS) is 40.5. The van der Waals surface area contributed by atoms with E-state index < -0.39 is 5.60 Å². The maximum absolute atomic E-state index is 13.4. The zero-order chi connectivity index (χ0) is 18.3. The SMILES string of the molecule is C=C1C[C@@]23CCO[C@H]4[C@@H]2[C@@H](C[C@]1(C)O3)C(=O)N4c1ccc(C#N)c(Cl)c1. The molecule has 5 rings (SSSR count). The first-order chi connectivity index (χ1) is 12.4. The molecule has 0 N–H and O–H groups in total. The number of nitriles is 1. The minimum atomic E-state index is -0.433. The third-order valence-electron chi connectivity index (χ3n) is 6.62. The van der Waals surface area contributed by atoms with Gasteiger partial charge in [0.1, 0.15) is 12.3 Å². The first-order valence-corrected chi connectivity index (χ1v) is 9.29. The molecule has 1 amide bonds. The highest BCUT2D eigenvalue weighted by Crippen LogP contribution is 2.62. The minimum absolute atomic E-state index is 0.00880. The zero-order valence-corrected chi connectivity index (χ0v) is 15.3. The van der Waals surface area contributed by atoms with E-state index in [0.717, 1.165) is 18.4 Å². The number of benzene rings is 1. The summed E-state index contributed by atoms with van der Waals surface area (Å²) in [5.41, 5.74) is 1.37. The average molecular weight is 371 g/mol. The highest BCUT2D eigenvalue weighted by Gasteiger charge is 2.69. The quantitative estimate of drug-likeness (QED) is 0.711. The van der Waals surface area contributed by atoms with Crippen molar-refractivity contribution in [1.82, 2.24) is 0 Å². The smallest absolute Gasteiger partial charge is 0.232 e. The van der Waals surface area contributed by atoms with Crippen LogP contribution in [0.2, 0.25) is 5.02 Å². The van der Waals surface area contributed by atoms with Crippen LogP contribution in [0.5, 0.6) is 0 Å². The molecule has 4 fully saturated rings. The summed E-state index contributed by atoms with van der Waals surface area (Å²) in [5.74, 6) is -0.102. The maximum atomic E-state index is 13.4. The Bertz CT molecular complexity index is 894. The van der Waals surface area contributed by atoms with Crippen molar-refractivity contribution in [2.24, 2.45) is 11.8 Å². The number of carbonyl (C=O) groups excluding carboxylic acids is 1. The molecule has 4 saturated heterocycles. The maximum Gasteiger partial charge on any atom is 0.232 e. The van der Waals surface area contributed by atoms with E-state index in [1.807, 2.05) is 0 Å². The summed E-state index contributed by atoms with van der Waals surface area (Å²) in [4.78, 5) is 15.1. The number of rotatable bonds is 1. The lowest BCUT2D eigenvalue weighted by molar-refractivity contribution is -0.225.